The quantitative estimate of drug-likeness (QED) is 0.751. The van der Waals surface area contributed by atoms with Crippen LogP contribution in [0.2, 0.25) is 5.02 Å². The molecule has 1 fully saturated rings. The van der Waals surface area contributed by atoms with E-state index in [2.05, 4.69) is 16.1 Å². The summed E-state index contributed by atoms with van der Waals surface area (Å²) in [7, 11) is 1.32. The van der Waals surface area contributed by atoms with Gasteiger partial charge in [-0.25, -0.2) is 9.31 Å². The Morgan fingerprint density at radius 2 is 2.27 bits per heavy atom. The van der Waals surface area contributed by atoms with Gasteiger partial charge in [-0.3, -0.25) is 0 Å². The van der Waals surface area contributed by atoms with Crippen molar-refractivity contribution in [2.75, 3.05) is 7.11 Å². The number of esters is 1. The minimum absolute atomic E-state index is 0.143. The number of carbonyl (C=O) groups is 1. The van der Waals surface area contributed by atoms with E-state index in [4.69, 9.17) is 16.3 Å². The van der Waals surface area contributed by atoms with Crippen LogP contribution in [0.5, 0.6) is 0 Å². The molecule has 0 radical (unpaired) electrons. The van der Waals surface area contributed by atoms with Crippen LogP contribution in [0.15, 0.2) is 30.5 Å². The van der Waals surface area contributed by atoms with E-state index in [9.17, 15) is 4.79 Å². The summed E-state index contributed by atoms with van der Waals surface area (Å²) in [6.07, 6.45) is 4.24. The second-order valence-corrected chi connectivity index (χ2v) is 5.86. The second-order valence-electron chi connectivity index (χ2n) is 5.48. The van der Waals surface area contributed by atoms with Crippen LogP contribution in [-0.4, -0.2) is 27.7 Å². The molecule has 0 saturated heterocycles. The molecule has 1 aliphatic carbocycles. The van der Waals surface area contributed by atoms with Crippen molar-refractivity contribution in [3.63, 3.8) is 0 Å². The van der Waals surface area contributed by atoms with Crippen LogP contribution >= 0.6 is 11.6 Å². The molecule has 112 valence electrons. The molecule has 0 spiro atoms. The Morgan fingerprint density at radius 1 is 1.45 bits per heavy atom. The molecule has 3 aromatic rings. The molecule has 0 atom stereocenters. The van der Waals surface area contributed by atoms with Gasteiger partial charge in [-0.2, -0.15) is 5.10 Å². The van der Waals surface area contributed by atoms with E-state index < -0.39 is 5.97 Å². The van der Waals surface area contributed by atoms with Crippen LogP contribution in [0.25, 0.3) is 16.9 Å². The van der Waals surface area contributed by atoms with Crippen molar-refractivity contribution in [2.45, 2.75) is 18.8 Å². The molecule has 4 rings (SSSR count). The molecular weight excluding hydrogens is 302 g/mol. The molecule has 3 aromatic heterocycles. The number of methoxy groups -OCH3 is 1. The number of nitrogens with zero attached hydrogens (tertiary/aromatic N) is 2. The van der Waals surface area contributed by atoms with E-state index in [0.29, 0.717) is 10.9 Å². The van der Waals surface area contributed by atoms with Crippen molar-refractivity contribution in [1.29, 1.82) is 0 Å². The Kier molecular flexibility index (Phi) is 2.97. The zero-order valence-electron chi connectivity index (χ0n) is 12.0. The smallest absolute Gasteiger partial charge is 0.360 e. The number of ether oxygens (including phenoxy) is 1. The van der Waals surface area contributed by atoms with Crippen LogP contribution < -0.4 is 0 Å². The van der Waals surface area contributed by atoms with Crippen LogP contribution in [0.4, 0.5) is 0 Å². The zero-order valence-corrected chi connectivity index (χ0v) is 12.7. The highest BCUT2D eigenvalue weighted by molar-refractivity contribution is 6.36. The van der Waals surface area contributed by atoms with Crippen LogP contribution in [0.3, 0.4) is 0 Å². The van der Waals surface area contributed by atoms with Gasteiger partial charge in [0.05, 0.1) is 24.0 Å². The fourth-order valence-electron chi connectivity index (χ4n) is 2.70. The first-order valence-corrected chi connectivity index (χ1v) is 7.51. The molecule has 6 heteroatoms. The molecule has 1 N–H and O–H groups in total. The summed E-state index contributed by atoms with van der Waals surface area (Å²) >= 11 is 6.37. The Balaban J connectivity index is 2.01. The fraction of sp³-hybridized carbons (Fsp3) is 0.250. The summed E-state index contributed by atoms with van der Waals surface area (Å²) in [5.74, 6) is 0.0466. The lowest BCUT2D eigenvalue weighted by molar-refractivity contribution is 0.0594. The Morgan fingerprint density at radius 3 is 2.91 bits per heavy atom. The molecular formula is C16H14ClN3O2. The number of hydrogen-bond acceptors (Lipinski definition) is 3. The van der Waals surface area contributed by atoms with E-state index in [1.165, 1.54) is 25.5 Å². The normalized spacial score (nSPS) is 14.5. The lowest BCUT2D eigenvalue weighted by Crippen LogP contribution is -2.03. The SMILES string of the molecule is COC(=O)c1nn2c(-c3ccc[nH]3)cc(C3CC3)cc2c1Cl. The monoisotopic (exact) mass is 315 g/mol. The van der Waals surface area contributed by atoms with Crippen molar-refractivity contribution in [3.8, 4) is 11.4 Å². The van der Waals surface area contributed by atoms with Crippen LogP contribution in [0, 0.1) is 0 Å². The van der Waals surface area contributed by atoms with Crippen molar-refractivity contribution in [1.82, 2.24) is 14.6 Å². The third-order valence-corrected chi connectivity index (χ3v) is 4.37. The van der Waals surface area contributed by atoms with Crippen molar-refractivity contribution >= 4 is 23.1 Å². The van der Waals surface area contributed by atoms with Gasteiger partial charge in [-0.05, 0) is 48.6 Å². The molecule has 0 amide bonds. The van der Waals surface area contributed by atoms with Gasteiger partial charge in [0.2, 0.25) is 0 Å². The molecule has 1 aliphatic rings. The molecule has 1 saturated carbocycles. The third-order valence-electron chi connectivity index (χ3n) is 4.00. The maximum atomic E-state index is 11.8. The number of aromatic nitrogens is 3. The number of carbonyl (C=O) groups excluding carboxylic acids is 1. The molecule has 5 nitrogen and oxygen atoms in total. The Hall–Kier alpha value is -2.27. The number of fused-ring (bicyclic) bond motifs is 1. The molecule has 22 heavy (non-hydrogen) atoms. The summed E-state index contributed by atoms with van der Waals surface area (Å²) in [6, 6.07) is 8.03. The van der Waals surface area contributed by atoms with E-state index in [0.717, 1.165) is 16.9 Å². The molecule has 0 aliphatic heterocycles. The zero-order chi connectivity index (χ0) is 15.3. The minimum atomic E-state index is -0.529. The summed E-state index contributed by atoms with van der Waals surface area (Å²) < 4.78 is 6.46. The van der Waals surface area contributed by atoms with E-state index >= 15 is 0 Å². The second kappa shape index (κ2) is 4.88. The highest BCUT2D eigenvalue weighted by atomic mass is 35.5. The summed E-state index contributed by atoms with van der Waals surface area (Å²) in [5, 5.41) is 4.69. The van der Waals surface area contributed by atoms with Crippen molar-refractivity contribution in [2.24, 2.45) is 0 Å². The average molecular weight is 316 g/mol. The van der Waals surface area contributed by atoms with Crippen molar-refractivity contribution < 1.29 is 9.53 Å². The number of pyridine rings is 1. The van der Waals surface area contributed by atoms with Gasteiger partial charge in [-0.1, -0.05) is 11.6 Å². The average Bonchev–Trinajstić information content (AvgIpc) is 3.14. The Bertz CT molecular complexity index is 863. The molecule has 0 unspecified atom stereocenters. The van der Waals surface area contributed by atoms with Gasteiger partial charge in [0.25, 0.3) is 0 Å². The van der Waals surface area contributed by atoms with Crippen LogP contribution in [0.1, 0.15) is 34.8 Å². The minimum Gasteiger partial charge on any atom is -0.464 e. The molecule has 3 heterocycles. The number of rotatable bonds is 3. The fourth-order valence-corrected chi connectivity index (χ4v) is 2.95. The van der Waals surface area contributed by atoms with Gasteiger partial charge < -0.3 is 9.72 Å². The number of halogens is 1. The number of hydrogen-bond donors (Lipinski definition) is 1. The lowest BCUT2D eigenvalue weighted by atomic mass is 10.1. The molecule has 0 aromatic carbocycles. The highest BCUT2D eigenvalue weighted by Crippen LogP contribution is 2.42. The molecule has 0 bridgehead atoms. The first kappa shape index (κ1) is 13.4. The third kappa shape index (κ3) is 2.01. The standard InChI is InChI=1S/C16H14ClN3O2/c1-22-16(21)15-14(17)13-8-10(9-4-5-9)7-12(20(13)19-15)11-3-2-6-18-11/h2-3,6-9,18H,4-5H2,1H3. The Labute approximate surface area is 131 Å². The summed E-state index contributed by atoms with van der Waals surface area (Å²) in [6.45, 7) is 0. The lowest BCUT2D eigenvalue weighted by Gasteiger charge is -2.07. The first-order chi connectivity index (χ1) is 10.7. The van der Waals surface area contributed by atoms with Crippen molar-refractivity contribution in [3.05, 3.63) is 46.7 Å². The van der Waals surface area contributed by atoms with Gasteiger partial charge >= 0.3 is 5.97 Å². The number of H-pyrrole nitrogens is 1. The van der Waals surface area contributed by atoms with E-state index in [1.54, 1.807) is 4.52 Å². The van der Waals surface area contributed by atoms with Gasteiger partial charge in [-0.15, -0.1) is 0 Å². The first-order valence-electron chi connectivity index (χ1n) is 7.13. The van der Waals surface area contributed by atoms with Gasteiger partial charge in [0, 0.05) is 6.20 Å². The maximum absolute atomic E-state index is 11.8. The van der Waals surface area contributed by atoms with Crippen LogP contribution in [-0.2, 0) is 4.74 Å². The van der Waals surface area contributed by atoms with E-state index in [1.807, 2.05) is 24.4 Å². The topological polar surface area (TPSA) is 59.4 Å². The van der Waals surface area contributed by atoms with Gasteiger partial charge in [0.1, 0.15) is 5.02 Å². The van der Waals surface area contributed by atoms with Gasteiger partial charge in [0.15, 0.2) is 5.69 Å². The highest BCUT2D eigenvalue weighted by Gasteiger charge is 2.27. The van der Waals surface area contributed by atoms with E-state index in [-0.39, 0.29) is 5.69 Å². The number of aromatic amines is 1. The summed E-state index contributed by atoms with van der Waals surface area (Å²) in [4.78, 5) is 15.0. The number of nitrogens with one attached hydrogen (secondary N) is 1. The maximum Gasteiger partial charge on any atom is 0.360 e. The summed E-state index contributed by atoms with van der Waals surface area (Å²) in [5.41, 5.74) is 3.93. The predicted molar refractivity (Wildman–Crippen MR) is 83.3 cm³/mol. The predicted octanol–water partition coefficient (Wildman–Crippen LogP) is 3.65. The largest absolute Gasteiger partial charge is 0.464 e.